The molecule has 0 heterocycles. The molecule has 0 aliphatic heterocycles. The van der Waals surface area contributed by atoms with Gasteiger partial charge in [-0.1, -0.05) is 49.4 Å². The van der Waals surface area contributed by atoms with E-state index < -0.39 is 0 Å². The number of ether oxygens (including phenoxy) is 1. The average molecular weight is 339 g/mol. The Morgan fingerprint density at radius 2 is 1.96 bits per heavy atom. The van der Waals surface area contributed by atoms with Crippen molar-refractivity contribution in [2.45, 2.75) is 31.7 Å². The normalized spacial score (nSPS) is 20.0. The van der Waals surface area contributed by atoms with E-state index in [0.29, 0.717) is 0 Å². The molecule has 0 bridgehead atoms. The molecule has 25 heavy (non-hydrogen) atoms. The van der Waals surface area contributed by atoms with Crippen molar-refractivity contribution in [1.82, 2.24) is 5.32 Å². The summed E-state index contributed by atoms with van der Waals surface area (Å²) >= 11 is 0. The van der Waals surface area contributed by atoms with Crippen LogP contribution < -0.4 is 10.1 Å². The van der Waals surface area contributed by atoms with E-state index in [0.717, 1.165) is 29.7 Å². The summed E-state index contributed by atoms with van der Waals surface area (Å²) in [7, 11) is 1.65. The number of benzene rings is 2. The van der Waals surface area contributed by atoms with Crippen LogP contribution in [0.4, 0.5) is 0 Å². The SMILES string of the molecule is CCc1ccc(C(CO)NC(=O)C2CC2c2ccccc2OC)cc1. The molecule has 1 amide bonds. The van der Waals surface area contributed by atoms with Crippen LogP contribution in [0.3, 0.4) is 0 Å². The third kappa shape index (κ3) is 3.85. The predicted molar refractivity (Wildman–Crippen MR) is 97.6 cm³/mol. The van der Waals surface area contributed by atoms with Gasteiger partial charge in [0.05, 0.1) is 19.8 Å². The second kappa shape index (κ2) is 7.70. The van der Waals surface area contributed by atoms with E-state index in [1.54, 1.807) is 7.11 Å². The highest BCUT2D eigenvalue weighted by molar-refractivity contribution is 5.83. The van der Waals surface area contributed by atoms with Crippen LogP contribution in [0.2, 0.25) is 0 Å². The molecular weight excluding hydrogens is 314 g/mol. The van der Waals surface area contributed by atoms with Gasteiger partial charge < -0.3 is 15.2 Å². The predicted octanol–water partition coefficient (Wildman–Crippen LogP) is 3.21. The first-order chi connectivity index (χ1) is 12.2. The summed E-state index contributed by atoms with van der Waals surface area (Å²) in [5.74, 6) is 0.962. The van der Waals surface area contributed by atoms with Crippen LogP contribution in [0.15, 0.2) is 48.5 Å². The number of carbonyl (C=O) groups excluding carboxylic acids is 1. The monoisotopic (exact) mass is 339 g/mol. The summed E-state index contributed by atoms with van der Waals surface area (Å²) < 4.78 is 5.40. The highest BCUT2D eigenvalue weighted by atomic mass is 16.5. The second-order valence-corrected chi connectivity index (χ2v) is 6.53. The van der Waals surface area contributed by atoms with Crippen molar-refractivity contribution in [1.29, 1.82) is 0 Å². The lowest BCUT2D eigenvalue weighted by atomic mass is 10.0. The van der Waals surface area contributed by atoms with E-state index >= 15 is 0 Å². The quantitative estimate of drug-likeness (QED) is 0.814. The van der Waals surface area contributed by atoms with Gasteiger partial charge in [-0.25, -0.2) is 0 Å². The fraction of sp³-hybridized carbons (Fsp3) is 0.381. The maximum atomic E-state index is 12.6. The standard InChI is InChI=1S/C21H25NO3/c1-3-14-8-10-15(11-9-14)19(13-23)22-21(24)18-12-17(18)16-6-4-5-7-20(16)25-2/h4-11,17-19,23H,3,12-13H2,1-2H3,(H,22,24). The van der Waals surface area contributed by atoms with Crippen molar-refractivity contribution in [3.63, 3.8) is 0 Å². The van der Waals surface area contributed by atoms with Gasteiger partial charge in [-0.05, 0) is 41.5 Å². The number of hydrogen-bond acceptors (Lipinski definition) is 3. The Labute approximate surface area is 148 Å². The summed E-state index contributed by atoms with van der Waals surface area (Å²) in [5.41, 5.74) is 3.26. The molecule has 1 fully saturated rings. The van der Waals surface area contributed by atoms with Crippen molar-refractivity contribution in [3.05, 3.63) is 65.2 Å². The first-order valence-corrected chi connectivity index (χ1v) is 8.80. The number of aliphatic hydroxyl groups excluding tert-OH is 1. The van der Waals surface area contributed by atoms with Gasteiger partial charge in [0.1, 0.15) is 5.75 Å². The van der Waals surface area contributed by atoms with Crippen molar-refractivity contribution in [2.24, 2.45) is 5.92 Å². The van der Waals surface area contributed by atoms with E-state index in [1.165, 1.54) is 5.56 Å². The molecule has 4 nitrogen and oxygen atoms in total. The molecule has 2 aromatic rings. The topological polar surface area (TPSA) is 58.6 Å². The van der Waals surface area contributed by atoms with Gasteiger partial charge in [-0.15, -0.1) is 0 Å². The second-order valence-electron chi connectivity index (χ2n) is 6.53. The van der Waals surface area contributed by atoms with E-state index in [1.807, 2.05) is 48.5 Å². The molecule has 0 spiro atoms. The van der Waals surface area contributed by atoms with Crippen molar-refractivity contribution in [2.75, 3.05) is 13.7 Å². The molecule has 1 aliphatic rings. The van der Waals surface area contributed by atoms with Crippen LogP contribution in [-0.2, 0) is 11.2 Å². The maximum Gasteiger partial charge on any atom is 0.224 e. The van der Waals surface area contributed by atoms with Crippen LogP contribution in [0, 0.1) is 5.92 Å². The summed E-state index contributed by atoms with van der Waals surface area (Å²) in [6.07, 6.45) is 1.79. The number of aryl methyl sites for hydroxylation is 1. The van der Waals surface area contributed by atoms with Crippen LogP contribution in [0.5, 0.6) is 5.75 Å². The first-order valence-electron chi connectivity index (χ1n) is 8.80. The highest BCUT2D eigenvalue weighted by Gasteiger charge is 2.45. The van der Waals surface area contributed by atoms with Crippen LogP contribution >= 0.6 is 0 Å². The molecule has 132 valence electrons. The molecule has 0 saturated heterocycles. The van der Waals surface area contributed by atoms with Gasteiger partial charge in [0, 0.05) is 5.92 Å². The Balaban J connectivity index is 1.65. The number of nitrogens with one attached hydrogen (secondary N) is 1. The van der Waals surface area contributed by atoms with Crippen molar-refractivity contribution < 1.29 is 14.6 Å². The van der Waals surface area contributed by atoms with E-state index in [-0.39, 0.29) is 30.4 Å². The minimum absolute atomic E-state index is 0.00507. The molecule has 3 atom stereocenters. The van der Waals surface area contributed by atoms with Crippen molar-refractivity contribution in [3.8, 4) is 5.75 Å². The molecule has 2 aromatic carbocycles. The minimum atomic E-state index is -0.364. The summed E-state index contributed by atoms with van der Waals surface area (Å²) in [5, 5.41) is 12.7. The number of hydrogen-bond donors (Lipinski definition) is 2. The molecule has 3 unspecified atom stereocenters. The van der Waals surface area contributed by atoms with E-state index in [4.69, 9.17) is 4.74 Å². The summed E-state index contributed by atoms with van der Waals surface area (Å²) in [6.45, 7) is 1.99. The number of amides is 1. The third-order valence-electron chi connectivity index (χ3n) is 4.96. The number of aliphatic hydroxyl groups is 1. The highest BCUT2D eigenvalue weighted by Crippen LogP contribution is 2.50. The van der Waals surface area contributed by atoms with Gasteiger partial charge in [-0.2, -0.15) is 0 Å². The fourth-order valence-electron chi connectivity index (χ4n) is 3.30. The number of para-hydroxylation sites is 1. The summed E-state index contributed by atoms with van der Waals surface area (Å²) in [4.78, 5) is 12.6. The molecule has 1 saturated carbocycles. The van der Waals surface area contributed by atoms with Crippen LogP contribution in [0.1, 0.15) is 42.0 Å². The van der Waals surface area contributed by atoms with Crippen molar-refractivity contribution >= 4 is 5.91 Å². The fourth-order valence-corrected chi connectivity index (χ4v) is 3.30. The lowest BCUT2D eigenvalue weighted by molar-refractivity contribution is -0.123. The van der Waals surface area contributed by atoms with Gasteiger partial charge in [0.2, 0.25) is 5.91 Å². The van der Waals surface area contributed by atoms with Gasteiger partial charge in [0.15, 0.2) is 0 Å². The van der Waals surface area contributed by atoms with Gasteiger partial charge in [-0.3, -0.25) is 4.79 Å². The molecule has 0 aromatic heterocycles. The average Bonchev–Trinajstić information content (AvgIpc) is 3.47. The third-order valence-corrected chi connectivity index (χ3v) is 4.96. The Hall–Kier alpha value is -2.33. The largest absolute Gasteiger partial charge is 0.496 e. The number of carbonyl (C=O) groups is 1. The smallest absolute Gasteiger partial charge is 0.224 e. The van der Waals surface area contributed by atoms with Gasteiger partial charge in [0.25, 0.3) is 0 Å². The lowest BCUT2D eigenvalue weighted by Crippen LogP contribution is -2.32. The zero-order chi connectivity index (χ0) is 17.8. The zero-order valence-electron chi connectivity index (χ0n) is 14.7. The van der Waals surface area contributed by atoms with E-state index in [2.05, 4.69) is 12.2 Å². The Morgan fingerprint density at radius 3 is 2.60 bits per heavy atom. The van der Waals surface area contributed by atoms with Crippen LogP contribution in [-0.4, -0.2) is 24.7 Å². The number of rotatable bonds is 7. The maximum absolute atomic E-state index is 12.6. The first kappa shape index (κ1) is 17.5. The molecule has 2 N–H and O–H groups in total. The molecule has 1 aliphatic carbocycles. The Morgan fingerprint density at radius 1 is 1.24 bits per heavy atom. The molecule has 3 rings (SSSR count). The van der Waals surface area contributed by atoms with Crippen LogP contribution in [0.25, 0.3) is 0 Å². The molecule has 0 radical (unpaired) electrons. The van der Waals surface area contributed by atoms with E-state index in [9.17, 15) is 9.90 Å². The lowest BCUT2D eigenvalue weighted by Gasteiger charge is -2.17. The Kier molecular flexibility index (Phi) is 5.39. The van der Waals surface area contributed by atoms with Gasteiger partial charge >= 0.3 is 0 Å². The minimum Gasteiger partial charge on any atom is -0.496 e. The molecular formula is C21H25NO3. The summed E-state index contributed by atoms with van der Waals surface area (Å²) in [6, 6.07) is 15.5. The molecule has 4 heteroatoms. The number of methoxy groups -OCH3 is 1. The Bertz CT molecular complexity index is 726. The zero-order valence-corrected chi connectivity index (χ0v) is 14.7.